The number of aromatic carboxylic acids is 1. The number of hydrogen-bond donors (Lipinski definition) is 3. The summed E-state index contributed by atoms with van der Waals surface area (Å²) in [4.78, 5) is 21.6. The second kappa shape index (κ2) is 4.32. The number of carboxylic acid groups (broad SMARTS) is 2. The van der Waals surface area contributed by atoms with Crippen molar-refractivity contribution in [2.75, 3.05) is 0 Å². The van der Waals surface area contributed by atoms with E-state index < -0.39 is 18.0 Å². The van der Waals surface area contributed by atoms with Crippen LogP contribution in [0.1, 0.15) is 33.1 Å². The van der Waals surface area contributed by atoms with Crippen molar-refractivity contribution in [2.24, 2.45) is 5.73 Å². The summed E-state index contributed by atoms with van der Waals surface area (Å²) >= 11 is 0. The number of aryl methyl sites for hydroxylation is 1. The number of rotatable bonds is 3. The Balaban J connectivity index is 3.37. The molecule has 1 rings (SSSR count). The topological polar surface area (TPSA) is 101 Å². The van der Waals surface area contributed by atoms with Gasteiger partial charge in [0.25, 0.3) is 0 Å². The molecule has 0 heterocycles. The van der Waals surface area contributed by atoms with Crippen LogP contribution in [-0.2, 0) is 4.79 Å². The molecule has 5 heteroatoms. The lowest BCUT2D eigenvalue weighted by molar-refractivity contribution is -0.138. The molecule has 0 saturated heterocycles. The summed E-state index contributed by atoms with van der Waals surface area (Å²) in [6.07, 6.45) is 0. The van der Waals surface area contributed by atoms with Gasteiger partial charge in [-0.1, -0.05) is 0 Å². The Kier molecular flexibility index (Phi) is 3.29. The van der Waals surface area contributed by atoms with Gasteiger partial charge in [0.15, 0.2) is 0 Å². The van der Waals surface area contributed by atoms with Crippen molar-refractivity contribution in [1.82, 2.24) is 0 Å². The van der Waals surface area contributed by atoms with Crippen LogP contribution >= 0.6 is 0 Å². The zero-order valence-corrected chi connectivity index (χ0v) is 9.02. The standard InChI is InChI=1S/C11H13NO4/c1-5-3-7(10(13)14)4-8(6(5)2)9(12)11(15)16/h3-4,9H,12H2,1-2H3,(H,13,14)(H,15,16). The molecule has 0 radical (unpaired) electrons. The van der Waals surface area contributed by atoms with Gasteiger partial charge in [0.2, 0.25) is 0 Å². The van der Waals surface area contributed by atoms with Crippen molar-refractivity contribution >= 4 is 11.9 Å². The highest BCUT2D eigenvalue weighted by molar-refractivity contribution is 5.89. The fraction of sp³-hybridized carbons (Fsp3) is 0.273. The molecular formula is C11H13NO4. The fourth-order valence-corrected chi connectivity index (χ4v) is 1.47. The second-order valence-corrected chi connectivity index (χ2v) is 3.63. The third kappa shape index (κ3) is 2.20. The molecular weight excluding hydrogens is 210 g/mol. The lowest BCUT2D eigenvalue weighted by Gasteiger charge is -2.13. The Labute approximate surface area is 92.5 Å². The van der Waals surface area contributed by atoms with Gasteiger partial charge in [-0.2, -0.15) is 0 Å². The normalized spacial score (nSPS) is 12.2. The van der Waals surface area contributed by atoms with Crippen molar-refractivity contribution in [3.63, 3.8) is 0 Å². The van der Waals surface area contributed by atoms with Gasteiger partial charge in [-0.15, -0.1) is 0 Å². The largest absolute Gasteiger partial charge is 0.480 e. The van der Waals surface area contributed by atoms with Gasteiger partial charge in [0, 0.05) is 0 Å². The van der Waals surface area contributed by atoms with Crippen molar-refractivity contribution in [3.05, 3.63) is 34.4 Å². The zero-order valence-electron chi connectivity index (χ0n) is 9.02. The van der Waals surface area contributed by atoms with Gasteiger partial charge in [-0.25, -0.2) is 4.79 Å². The van der Waals surface area contributed by atoms with Crippen LogP contribution in [0.2, 0.25) is 0 Å². The lowest BCUT2D eigenvalue weighted by atomic mass is 9.95. The molecule has 16 heavy (non-hydrogen) atoms. The van der Waals surface area contributed by atoms with Crippen LogP contribution in [-0.4, -0.2) is 22.2 Å². The van der Waals surface area contributed by atoms with Crippen molar-refractivity contribution in [2.45, 2.75) is 19.9 Å². The molecule has 0 aliphatic carbocycles. The highest BCUT2D eigenvalue weighted by Crippen LogP contribution is 2.21. The summed E-state index contributed by atoms with van der Waals surface area (Å²) in [5.74, 6) is -2.27. The molecule has 0 spiro atoms. The van der Waals surface area contributed by atoms with Gasteiger partial charge >= 0.3 is 11.9 Å². The number of carboxylic acids is 2. The highest BCUT2D eigenvalue weighted by Gasteiger charge is 2.19. The fourth-order valence-electron chi connectivity index (χ4n) is 1.47. The second-order valence-electron chi connectivity index (χ2n) is 3.63. The van der Waals surface area contributed by atoms with Crippen LogP contribution < -0.4 is 5.73 Å². The lowest BCUT2D eigenvalue weighted by Crippen LogP contribution is -2.22. The molecule has 0 saturated carbocycles. The smallest absolute Gasteiger partial charge is 0.335 e. The van der Waals surface area contributed by atoms with E-state index in [2.05, 4.69) is 0 Å². The Morgan fingerprint density at radius 3 is 2.25 bits per heavy atom. The quantitative estimate of drug-likeness (QED) is 0.712. The van der Waals surface area contributed by atoms with Gasteiger partial charge in [-0.05, 0) is 42.7 Å². The minimum absolute atomic E-state index is 0.0507. The predicted octanol–water partition coefficient (Wildman–Crippen LogP) is 1.09. The number of carbonyl (C=O) groups is 2. The van der Waals surface area contributed by atoms with Gasteiger partial charge in [0.05, 0.1) is 5.56 Å². The molecule has 1 atom stereocenters. The van der Waals surface area contributed by atoms with Crippen molar-refractivity contribution in [3.8, 4) is 0 Å². The van der Waals surface area contributed by atoms with Crippen LogP contribution in [0.4, 0.5) is 0 Å². The molecule has 86 valence electrons. The SMILES string of the molecule is Cc1cc(C(=O)O)cc(C(N)C(=O)O)c1C. The molecule has 0 aromatic heterocycles. The van der Waals surface area contributed by atoms with Gasteiger partial charge in [0.1, 0.15) is 6.04 Å². The maximum atomic E-state index is 10.8. The average molecular weight is 223 g/mol. The minimum Gasteiger partial charge on any atom is -0.480 e. The van der Waals surface area contributed by atoms with Crippen LogP contribution in [0.15, 0.2) is 12.1 Å². The van der Waals surface area contributed by atoms with E-state index in [1.165, 1.54) is 12.1 Å². The molecule has 0 aliphatic rings. The summed E-state index contributed by atoms with van der Waals surface area (Å²) in [6, 6.07) is 1.61. The first-order valence-electron chi connectivity index (χ1n) is 4.67. The number of benzene rings is 1. The van der Waals surface area contributed by atoms with E-state index in [1.807, 2.05) is 0 Å². The Bertz CT molecular complexity index is 454. The maximum absolute atomic E-state index is 10.8. The van der Waals surface area contributed by atoms with Crippen LogP contribution in [0, 0.1) is 13.8 Å². The van der Waals surface area contributed by atoms with Crippen molar-refractivity contribution < 1.29 is 19.8 Å². The molecule has 4 N–H and O–H groups in total. The zero-order chi connectivity index (χ0) is 12.5. The van der Waals surface area contributed by atoms with E-state index in [0.717, 1.165) is 0 Å². The van der Waals surface area contributed by atoms with E-state index in [1.54, 1.807) is 13.8 Å². The monoisotopic (exact) mass is 223 g/mol. The molecule has 0 aliphatic heterocycles. The first-order valence-corrected chi connectivity index (χ1v) is 4.67. The summed E-state index contributed by atoms with van der Waals surface area (Å²) in [7, 11) is 0. The van der Waals surface area contributed by atoms with E-state index in [4.69, 9.17) is 15.9 Å². The van der Waals surface area contributed by atoms with E-state index in [-0.39, 0.29) is 5.56 Å². The summed E-state index contributed by atoms with van der Waals surface area (Å²) < 4.78 is 0. The Morgan fingerprint density at radius 1 is 1.25 bits per heavy atom. The minimum atomic E-state index is -1.20. The summed E-state index contributed by atoms with van der Waals surface area (Å²) in [5, 5.41) is 17.7. The van der Waals surface area contributed by atoms with E-state index >= 15 is 0 Å². The summed E-state index contributed by atoms with van der Waals surface area (Å²) in [5.41, 5.74) is 7.30. The third-order valence-corrected chi connectivity index (χ3v) is 2.56. The van der Waals surface area contributed by atoms with Crippen LogP contribution in [0.25, 0.3) is 0 Å². The number of nitrogens with two attached hydrogens (primary N) is 1. The molecule has 5 nitrogen and oxygen atoms in total. The van der Waals surface area contributed by atoms with Crippen molar-refractivity contribution in [1.29, 1.82) is 0 Å². The molecule has 1 unspecified atom stereocenters. The van der Waals surface area contributed by atoms with Crippen LogP contribution in [0.3, 0.4) is 0 Å². The predicted molar refractivity (Wildman–Crippen MR) is 57.4 cm³/mol. The first kappa shape index (κ1) is 12.2. The average Bonchev–Trinajstić information content (AvgIpc) is 2.20. The van der Waals surface area contributed by atoms with Crippen LogP contribution in [0.5, 0.6) is 0 Å². The molecule has 0 bridgehead atoms. The van der Waals surface area contributed by atoms with E-state index in [9.17, 15) is 9.59 Å². The molecule has 0 amide bonds. The van der Waals surface area contributed by atoms with Gasteiger partial charge in [-0.3, -0.25) is 4.79 Å². The number of aliphatic carboxylic acids is 1. The highest BCUT2D eigenvalue weighted by atomic mass is 16.4. The third-order valence-electron chi connectivity index (χ3n) is 2.56. The first-order chi connectivity index (χ1) is 7.34. The Hall–Kier alpha value is -1.88. The maximum Gasteiger partial charge on any atom is 0.335 e. The van der Waals surface area contributed by atoms with E-state index in [0.29, 0.717) is 16.7 Å². The summed E-state index contributed by atoms with van der Waals surface area (Å²) in [6.45, 7) is 3.44. The van der Waals surface area contributed by atoms with Gasteiger partial charge < -0.3 is 15.9 Å². The number of hydrogen-bond acceptors (Lipinski definition) is 3. The molecule has 0 fully saturated rings. The molecule has 1 aromatic carbocycles. The molecule has 1 aromatic rings. The Morgan fingerprint density at radius 2 is 1.81 bits per heavy atom.